The lowest BCUT2D eigenvalue weighted by Gasteiger charge is -2.11. The second kappa shape index (κ2) is 6.73. The van der Waals surface area contributed by atoms with Gasteiger partial charge in [-0.1, -0.05) is 37.6 Å². The van der Waals surface area contributed by atoms with Crippen LogP contribution >= 0.6 is 11.6 Å². The lowest BCUT2D eigenvalue weighted by Crippen LogP contribution is -2.21. The Balaban J connectivity index is 2.09. The topological polar surface area (TPSA) is 21.3 Å². The van der Waals surface area contributed by atoms with Crippen molar-refractivity contribution in [2.24, 2.45) is 0 Å². The fourth-order valence-corrected chi connectivity index (χ4v) is 1.95. The molecule has 0 radical (unpaired) electrons. The highest BCUT2D eigenvalue weighted by Crippen LogP contribution is 2.27. The molecule has 2 rings (SSSR count). The largest absolute Gasteiger partial charge is 0.457 e. The monoisotopic (exact) mass is 293 g/mol. The Morgan fingerprint density at radius 3 is 2.55 bits per heavy atom. The van der Waals surface area contributed by atoms with Crippen molar-refractivity contribution in [3.63, 3.8) is 0 Å². The van der Waals surface area contributed by atoms with Crippen molar-refractivity contribution in [2.75, 3.05) is 0 Å². The zero-order valence-electron chi connectivity index (χ0n) is 11.5. The highest BCUT2D eigenvalue weighted by atomic mass is 35.5. The van der Waals surface area contributed by atoms with E-state index < -0.39 is 0 Å². The average molecular weight is 294 g/mol. The van der Waals surface area contributed by atoms with Crippen LogP contribution in [0.4, 0.5) is 4.39 Å². The zero-order valence-corrected chi connectivity index (χ0v) is 12.2. The smallest absolute Gasteiger partial charge is 0.130 e. The number of hydrogen-bond acceptors (Lipinski definition) is 2. The Morgan fingerprint density at radius 1 is 1.15 bits per heavy atom. The van der Waals surface area contributed by atoms with Crippen molar-refractivity contribution in [2.45, 2.75) is 26.4 Å². The quantitative estimate of drug-likeness (QED) is 0.857. The lowest BCUT2D eigenvalue weighted by molar-refractivity contribution is 0.476. The Labute approximate surface area is 123 Å². The van der Waals surface area contributed by atoms with Gasteiger partial charge < -0.3 is 10.1 Å². The summed E-state index contributed by atoms with van der Waals surface area (Å²) in [5.74, 6) is 0.717. The molecule has 2 aromatic carbocycles. The van der Waals surface area contributed by atoms with Crippen molar-refractivity contribution < 1.29 is 9.13 Å². The van der Waals surface area contributed by atoms with Crippen LogP contribution in [0.1, 0.15) is 19.4 Å². The summed E-state index contributed by atoms with van der Waals surface area (Å²) in [4.78, 5) is 0. The highest BCUT2D eigenvalue weighted by Gasteiger charge is 2.05. The van der Waals surface area contributed by atoms with Gasteiger partial charge in [-0.3, -0.25) is 0 Å². The fourth-order valence-electron chi connectivity index (χ4n) is 1.72. The first kappa shape index (κ1) is 14.8. The number of nitrogens with one attached hydrogen (secondary N) is 1. The van der Waals surface area contributed by atoms with Crippen LogP contribution in [-0.4, -0.2) is 6.04 Å². The molecule has 2 aromatic rings. The molecule has 0 aliphatic carbocycles. The van der Waals surface area contributed by atoms with Crippen LogP contribution < -0.4 is 10.1 Å². The first-order valence-electron chi connectivity index (χ1n) is 6.50. The summed E-state index contributed by atoms with van der Waals surface area (Å²) >= 11 is 6.22. The minimum absolute atomic E-state index is 0.327. The van der Waals surface area contributed by atoms with Crippen molar-refractivity contribution in [3.8, 4) is 11.5 Å². The molecule has 0 saturated carbocycles. The Morgan fingerprint density at radius 2 is 1.90 bits per heavy atom. The van der Waals surface area contributed by atoms with Crippen LogP contribution in [0.15, 0.2) is 42.5 Å². The summed E-state index contributed by atoms with van der Waals surface area (Å²) in [7, 11) is 0. The third-order valence-corrected chi connectivity index (χ3v) is 3.11. The molecule has 0 aliphatic heterocycles. The van der Waals surface area contributed by atoms with E-state index in [1.807, 2.05) is 12.1 Å². The van der Waals surface area contributed by atoms with Crippen molar-refractivity contribution in [1.29, 1.82) is 0 Å². The molecular formula is C16H17ClFNO. The van der Waals surface area contributed by atoms with E-state index in [1.54, 1.807) is 18.2 Å². The maximum atomic E-state index is 13.1. The molecule has 0 aliphatic rings. The van der Waals surface area contributed by atoms with Gasteiger partial charge in [0.25, 0.3) is 0 Å². The van der Waals surface area contributed by atoms with Crippen molar-refractivity contribution >= 4 is 11.6 Å². The van der Waals surface area contributed by atoms with Gasteiger partial charge in [-0.2, -0.15) is 0 Å². The molecule has 0 bridgehead atoms. The standard InChI is InChI=1S/C16H17ClFNO/c1-11(2)19-10-12-6-7-15(9-16(12)17)20-14-5-3-4-13(18)8-14/h3-9,11,19H,10H2,1-2H3. The van der Waals surface area contributed by atoms with Crippen LogP contribution in [-0.2, 0) is 6.54 Å². The van der Waals surface area contributed by atoms with E-state index in [0.717, 1.165) is 5.56 Å². The van der Waals surface area contributed by atoms with Gasteiger partial charge in [-0.05, 0) is 29.8 Å². The Kier molecular flexibility index (Phi) is 4.99. The summed E-state index contributed by atoms with van der Waals surface area (Å²) in [6, 6.07) is 11.9. The third kappa shape index (κ3) is 4.22. The summed E-state index contributed by atoms with van der Waals surface area (Å²) in [6.45, 7) is 4.86. The molecule has 0 saturated heterocycles. The van der Waals surface area contributed by atoms with Gasteiger partial charge in [0.1, 0.15) is 17.3 Å². The van der Waals surface area contributed by atoms with Gasteiger partial charge >= 0.3 is 0 Å². The predicted molar refractivity (Wildman–Crippen MR) is 79.9 cm³/mol. The summed E-state index contributed by atoms with van der Waals surface area (Å²) in [5, 5.41) is 3.94. The summed E-state index contributed by atoms with van der Waals surface area (Å²) < 4.78 is 18.7. The minimum Gasteiger partial charge on any atom is -0.457 e. The Hall–Kier alpha value is -1.58. The lowest BCUT2D eigenvalue weighted by atomic mass is 10.2. The summed E-state index contributed by atoms with van der Waals surface area (Å²) in [6.07, 6.45) is 0. The second-order valence-corrected chi connectivity index (χ2v) is 5.26. The van der Waals surface area contributed by atoms with Gasteiger partial charge in [-0.15, -0.1) is 0 Å². The van der Waals surface area contributed by atoms with Crippen LogP contribution in [0.2, 0.25) is 5.02 Å². The average Bonchev–Trinajstić information content (AvgIpc) is 2.37. The molecule has 0 spiro atoms. The van der Waals surface area contributed by atoms with E-state index in [9.17, 15) is 4.39 Å². The normalized spacial score (nSPS) is 10.8. The predicted octanol–water partition coefficient (Wildman–Crippen LogP) is 4.77. The first-order valence-corrected chi connectivity index (χ1v) is 6.87. The van der Waals surface area contributed by atoms with E-state index in [2.05, 4.69) is 19.2 Å². The van der Waals surface area contributed by atoms with Crippen molar-refractivity contribution in [3.05, 3.63) is 58.9 Å². The molecule has 0 atom stereocenters. The van der Waals surface area contributed by atoms with Gasteiger partial charge in [0.15, 0.2) is 0 Å². The van der Waals surface area contributed by atoms with E-state index in [4.69, 9.17) is 16.3 Å². The van der Waals surface area contributed by atoms with Crippen LogP contribution in [0.3, 0.4) is 0 Å². The molecule has 20 heavy (non-hydrogen) atoms. The van der Waals surface area contributed by atoms with Crippen LogP contribution in [0.25, 0.3) is 0 Å². The third-order valence-electron chi connectivity index (χ3n) is 2.76. The number of rotatable bonds is 5. The van der Waals surface area contributed by atoms with Gasteiger partial charge in [-0.25, -0.2) is 4.39 Å². The van der Waals surface area contributed by atoms with Crippen LogP contribution in [0, 0.1) is 5.82 Å². The zero-order chi connectivity index (χ0) is 14.5. The molecule has 0 amide bonds. The second-order valence-electron chi connectivity index (χ2n) is 4.85. The molecular weight excluding hydrogens is 277 g/mol. The molecule has 0 unspecified atom stereocenters. The number of ether oxygens (including phenoxy) is 1. The van der Waals surface area contributed by atoms with Gasteiger partial charge in [0.05, 0.1) is 0 Å². The number of benzene rings is 2. The van der Waals surface area contributed by atoms with E-state index >= 15 is 0 Å². The highest BCUT2D eigenvalue weighted by molar-refractivity contribution is 6.31. The number of halogens is 2. The first-order chi connectivity index (χ1) is 9.54. The molecule has 0 aromatic heterocycles. The maximum Gasteiger partial charge on any atom is 0.130 e. The van der Waals surface area contributed by atoms with E-state index in [-0.39, 0.29) is 5.82 Å². The molecule has 1 N–H and O–H groups in total. The van der Waals surface area contributed by atoms with Crippen molar-refractivity contribution in [1.82, 2.24) is 5.32 Å². The van der Waals surface area contributed by atoms with E-state index in [1.165, 1.54) is 12.1 Å². The number of hydrogen-bond donors (Lipinski definition) is 1. The van der Waals surface area contributed by atoms with Gasteiger partial charge in [0, 0.05) is 23.7 Å². The molecule has 0 heterocycles. The van der Waals surface area contributed by atoms with Gasteiger partial charge in [0.2, 0.25) is 0 Å². The maximum absolute atomic E-state index is 13.1. The molecule has 0 fully saturated rings. The SMILES string of the molecule is CC(C)NCc1ccc(Oc2cccc(F)c2)cc1Cl. The Bertz CT molecular complexity index is 586. The summed E-state index contributed by atoms with van der Waals surface area (Å²) in [5.41, 5.74) is 1.01. The van der Waals surface area contributed by atoms with Crippen LogP contribution in [0.5, 0.6) is 11.5 Å². The minimum atomic E-state index is -0.327. The molecule has 106 valence electrons. The molecule has 2 nitrogen and oxygen atoms in total. The van der Waals surface area contributed by atoms with E-state index in [0.29, 0.717) is 29.1 Å². The molecule has 4 heteroatoms. The fraction of sp³-hybridized carbons (Fsp3) is 0.250.